The Hall–Kier alpha value is -1.62. The summed E-state index contributed by atoms with van der Waals surface area (Å²) in [6.45, 7) is 0. The van der Waals surface area contributed by atoms with Crippen LogP contribution in [0.5, 0.6) is 0 Å². The lowest BCUT2D eigenvalue weighted by atomic mass is 9.85. The molecule has 0 aromatic carbocycles. The number of nitrogens with zero attached hydrogens (tertiary/aromatic N) is 3. The summed E-state index contributed by atoms with van der Waals surface area (Å²) in [6, 6.07) is 1.40. The smallest absolute Gasteiger partial charge is 0.337 e. The molecule has 0 amide bonds. The van der Waals surface area contributed by atoms with Crippen LogP contribution in [0.2, 0.25) is 5.02 Å². The van der Waals surface area contributed by atoms with E-state index in [1.165, 1.54) is 18.7 Å². The van der Waals surface area contributed by atoms with Crippen LogP contribution in [-0.4, -0.2) is 25.7 Å². The third-order valence-electron chi connectivity index (χ3n) is 3.20. The van der Waals surface area contributed by atoms with Crippen molar-refractivity contribution in [2.75, 3.05) is 0 Å². The van der Waals surface area contributed by atoms with E-state index in [1.54, 1.807) is 4.40 Å². The maximum Gasteiger partial charge on any atom is 0.337 e. The van der Waals surface area contributed by atoms with Crippen LogP contribution >= 0.6 is 11.6 Å². The van der Waals surface area contributed by atoms with Crippen LogP contribution in [-0.2, 0) is 0 Å². The lowest BCUT2D eigenvalue weighted by molar-refractivity contribution is 0.0696. The van der Waals surface area contributed by atoms with Gasteiger partial charge in [0.2, 0.25) is 0 Å². The molecule has 5 nitrogen and oxygen atoms in total. The molecule has 0 saturated heterocycles. The summed E-state index contributed by atoms with van der Waals surface area (Å²) in [7, 11) is 0. The first-order valence-corrected chi connectivity index (χ1v) is 5.82. The molecule has 1 aliphatic rings. The minimum atomic E-state index is -0.998. The van der Waals surface area contributed by atoms with Crippen molar-refractivity contribution in [1.82, 2.24) is 14.6 Å². The van der Waals surface area contributed by atoms with Crippen LogP contribution in [0.3, 0.4) is 0 Å². The largest absolute Gasteiger partial charge is 0.478 e. The van der Waals surface area contributed by atoms with E-state index in [0.29, 0.717) is 16.6 Å². The molecule has 1 saturated carbocycles. The Balaban J connectivity index is 2.21. The first-order chi connectivity index (χ1) is 8.16. The third kappa shape index (κ3) is 1.58. The lowest BCUT2D eigenvalue weighted by Gasteiger charge is -2.23. The quantitative estimate of drug-likeness (QED) is 0.890. The Morgan fingerprint density at radius 1 is 1.47 bits per heavy atom. The molecule has 2 aromatic rings. The van der Waals surface area contributed by atoms with E-state index in [2.05, 4.69) is 10.2 Å². The van der Waals surface area contributed by atoms with Gasteiger partial charge in [-0.3, -0.25) is 4.40 Å². The number of hydrogen-bond donors (Lipinski definition) is 1. The van der Waals surface area contributed by atoms with E-state index in [9.17, 15) is 4.79 Å². The van der Waals surface area contributed by atoms with Gasteiger partial charge in [-0.15, -0.1) is 10.2 Å². The van der Waals surface area contributed by atoms with Crippen LogP contribution < -0.4 is 0 Å². The van der Waals surface area contributed by atoms with Gasteiger partial charge < -0.3 is 5.11 Å². The number of pyridine rings is 1. The van der Waals surface area contributed by atoms with E-state index in [0.717, 1.165) is 18.7 Å². The third-order valence-corrected chi connectivity index (χ3v) is 3.48. The van der Waals surface area contributed by atoms with Crippen molar-refractivity contribution in [2.45, 2.75) is 25.2 Å². The molecule has 88 valence electrons. The number of hydrogen-bond acceptors (Lipinski definition) is 3. The summed E-state index contributed by atoms with van der Waals surface area (Å²) in [5, 5.41) is 17.4. The van der Waals surface area contributed by atoms with Crippen molar-refractivity contribution in [1.29, 1.82) is 0 Å². The zero-order chi connectivity index (χ0) is 12.0. The summed E-state index contributed by atoms with van der Waals surface area (Å²) >= 11 is 6.00. The number of carboxylic acid groups (broad SMARTS) is 1. The van der Waals surface area contributed by atoms with Crippen LogP contribution in [0, 0.1) is 0 Å². The fraction of sp³-hybridized carbons (Fsp3) is 0.364. The fourth-order valence-corrected chi connectivity index (χ4v) is 2.28. The average Bonchev–Trinajstić information content (AvgIpc) is 2.60. The van der Waals surface area contributed by atoms with Crippen molar-refractivity contribution >= 4 is 23.2 Å². The van der Waals surface area contributed by atoms with Gasteiger partial charge in [0.25, 0.3) is 0 Å². The summed E-state index contributed by atoms with van der Waals surface area (Å²) in [6.07, 6.45) is 4.88. The van der Waals surface area contributed by atoms with Gasteiger partial charge in [0.15, 0.2) is 5.65 Å². The van der Waals surface area contributed by atoms with E-state index in [4.69, 9.17) is 16.7 Å². The second-order valence-electron chi connectivity index (χ2n) is 4.26. The number of aromatic nitrogens is 3. The molecule has 1 fully saturated rings. The maximum atomic E-state index is 11.0. The first kappa shape index (κ1) is 10.5. The van der Waals surface area contributed by atoms with E-state index in [-0.39, 0.29) is 5.56 Å². The normalized spacial score (nSPS) is 16.1. The minimum Gasteiger partial charge on any atom is -0.478 e. The molecular formula is C11H10ClN3O2. The topological polar surface area (TPSA) is 67.5 Å². The second kappa shape index (κ2) is 3.70. The summed E-state index contributed by atoms with van der Waals surface area (Å²) in [5.41, 5.74) is 0.682. The fourth-order valence-electron chi connectivity index (χ4n) is 2.03. The van der Waals surface area contributed by atoms with Crippen molar-refractivity contribution in [3.05, 3.63) is 28.7 Å². The summed E-state index contributed by atoms with van der Waals surface area (Å²) < 4.78 is 1.70. The number of carbonyl (C=O) groups is 1. The molecule has 0 aliphatic heterocycles. The molecule has 0 unspecified atom stereocenters. The Morgan fingerprint density at radius 3 is 2.82 bits per heavy atom. The molecule has 1 N–H and O–H groups in total. The predicted molar refractivity (Wildman–Crippen MR) is 61.5 cm³/mol. The Bertz CT molecular complexity index is 604. The van der Waals surface area contributed by atoms with Crippen molar-refractivity contribution < 1.29 is 9.90 Å². The monoisotopic (exact) mass is 251 g/mol. The highest BCUT2D eigenvalue weighted by atomic mass is 35.5. The first-order valence-electron chi connectivity index (χ1n) is 5.44. The second-order valence-corrected chi connectivity index (χ2v) is 4.67. The zero-order valence-corrected chi connectivity index (χ0v) is 9.68. The molecule has 2 aromatic heterocycles. The van der Waals surface area contributed by atoms with Gasteiger partial charge >= 0.3 is 5.97 Å². The van der Waals surface area contributed by atoms with Gasteiger partial charge in [0.05, 0.1) is 10.6 Å². The number of carboxylic acids is 1. The van der Waals surface area contributed by atoms with Crippen molar-refractivity contribution in [2.24, 2.45) is 0 Å². The molecule has 3 rings (SSSR count). The highest BCUT2D eigenvalue weighted by Crippen LogP contribution is 2.36. The summed E-state index contributed by atoms with van der Waals surface area (Å²) in [4.78, 5) is 11.0. The number of fused-ring (bicyclic) bond motifs is 1. The SMILES string of the molecule is O=C(O)c1cc(Cl)c2nnc(C3CCC3)n2c1. The summed E-state index contributed by atoms with van der Waals surface area (Å²) in [5.74, 6) is 0.198. The van der Waals surface area contributed by atoms with Gasteiger partial charge in [-0.1, -0.05) is 18.0 Å². The predicted octanol–water partition coefficient (Wildman–Crippen LogP) is 2.35. The molecule has 0 radical (unpaired) electrons. The number of aromatic carboxylic acids is 1. The lowest BCUT2D eigenvalue weighted by Crippen LogP contribution is -2.13. The number of halogens is 1. The molecule has 6 heteroatoms. The molecule has 0 bridgehead atoms. The molecular weight excluding hydrogens is 242 g/mol. The molecule has 2 heterocycles. The van der Waals surface area contributed by atoms with Crippen LogP contribution in [0.1, 0.15) is 41.4 Å². The van der Waals surface area contributed by atoms with Crippen molar-refractivity contribution in [3.8, 4) is 0 Å². The van der Waals surface area contributed by atoms with Crippen LogP contribution in [0.25, 0.3) is 5.65 Å². The average molecular weight is 252 g/mol. The van der Waals surface area contributed by atoms with E-state index < -0.39 is 5.97 Å². The minimum absolute atomic E-state index is 0.155. The maximum absolute atomic E-state index is 11.0. The van der Waals surface area contributed by atoms with Gasteiger partial charge in [-0.25, -0.2) is 4.79 Å². The Kier molecular flexibility index (Phi) is 2.29. The Morgan fingerprint density at radius 2 is 2.24 bits per heavy atom. The van der Waals surface area contributed by atoms with Crippen LogP contribution in [0.15, 0.2) is 12.3 Å². The van der Waals surface area contributed by atoms with E-state index >= 15 is 0 Å². The highest BCUT2D eigenvalue weighted by Gasteiger charge is 2.25. The highest BCUT2D eigenvalue weighted by molar-refractivity contribution is 6.33. The standard InChI is InChI=1S/C11H10ClN3O2/c12-8-4-7(11(16)17)5-15-9(6-2-1-3-6)13-14-10(8)15/h4-6H,1-3H2,(H,16,17). The van der Waals surface area contributed by atoms with Crippen molar-refractivity contribution in [3.63, 3.8) is 0 Å². The molecule has 0 spiro atoms. The van der Waals surface area contributed by atoms with Gasteiger partial charge in [-0.2, -0.15) is 0 Å². The zero-order valence-electron chi connectivity index (χ0n) is 8.93. The molecule has 1 aliphatic carbocycles. The number of rotatable bonds is 2. The van der Waals surface area contributed by atoms with Crippen LogP contribution in [0.4, 0.5) is 0 Å². The molecule has 17 heavy (non-hydrogen) atoms. The molecule has 0 atom stereocenters. The van der Waals surface area contributed by atoms with E-state index in [1.807, 2.05) is 0 Å². The van der Waals surface area contributed by atoms with Gasteiger partial charge in [-0.05, 0) is 18.9 Å². The van der Waals surface area contributed by atoms with Gasteiger partial charge in [0, 0.05) is 12.1 Å². The van der Waals surface area contributed by atoms with Gasteiger partial charge in [0.1, 0.15) is 5.82 Å². The Labute approximate surface area is 102 Å².